The summed E-state index contributed by atoms with van der Waals surface area (Å²) in [6.45, 7) is 2.81. The maximum atomic E-state index is 11.8. The normalized spacial score (nSPS) is 14.1. The van der Waals surface area contributed by atoms with E-state index in [4.69, 9.17) is 9.47 Å². The van der Waals surface area contributed by atoms with Crippen LogP contribution in [0.4, 0.5) is 10.5 Å². The standard InChI is InChI=1S/C14H18N2O4/c1-3-19-14(18)15-9-10-4-5-12-11(8-10)16(2)13(17)6-7-20-12/h4-5,8H,3,6-7,9H2,1-2H3,(H,15,18). The Morgan fingerprint density at radius 2 is 2.30 bits per heavy atom. The van der Waals surface area contributed by atoms with E-state index in [0.29, 0.717) is 31.9 Å². The number of alkyl carbamates (subject to hydrolysis) is 1. The van der Waals surface area contributed by atoms with Crippen molar-refractivity contribution >= 4 is 17.7 Å². The summed E-state index contributed by atoms with van der Waals surface area (Å²) in [5.41, 5.74) is 1.60. The molecule has 0 aliphatic carbocycles. The summed E-state index contributed by atoms with van der Waals surface area (Å²) in [4.78, 5) is 24.6. The molecule has 1 aromatic rings. The van der Waals surface area contributed by atoms with E-state index in [-0.39, 0.29) is 5.91 Å². The number of benzene rings is 1. The molecular formula is C14H18N2O4. The maximum absolute atomic E-state index is 11.8. The Hall–Kier alpha value is -2.24. The number of hydrogen-bond acceptors (Lipinski definition) is 4. The average Bonchev–Trinajstić information content (AvgIpc) is 2.58. The Balaban J connectivity index is 2.12. The Bertz CT molecular complexity index is 516. The van der Waals surface area contributed by atoms with Gasteiger partial charge >= 0.3 is 6.09 Å². The van der Waals surface area contributed by atoms with Gasteiger partial charge in [0.15, 0.2) is 0 Å². The largest absolute Gasteiger partial charge is 0.491 e. The van der Waals surface area contributed by atoms with Crippen molar-refractivity contribution in [1.82, 2.24) is 5.32 Å². The Morgan fingerprint density at radius 1 is 1.50 bits per heavy atom. The first kappa shape index (κ1) is 14.2. The van der Waals surface area contributed by atoms with Crippen LogP contribution in [0.25, 0.3) is 0 Å². The molecule has 0 saturated heterocycles. The third-order valence-electron chi connectivity index (χ3n) is 3.04. The molecule has 6 nitrogen and oxygen atoms in total. The lowest BCUT2D eigenvalue weighted by molar-refractivity contribution is -0.118. The van der Waals surface area contributed by atoms with Crippen LogP contribution >= 0.6 is 0 Å². The Labute approximate surface area is 117 Å². The zero-order valence-corrected chi connectivity index (χ0v) is 11.6. The second kappa shape index (κ2) is 6.27. The number of fused-ring (bicyclic) bond motifs is 1. The molecular weight excluding hydrogens is 260 g/mol. The lowest BCUT2D eigenvalue weighted by Gasteiger charge is -2.17. The van der Waals surface area contributed by atoms with E-state index in [1.807, 2.05) is 18.2 Å². The molecule has 0 unspecified atom stereocenters. The minimum absolute atomic E-state index is 0.0132. The van der Waals surface area contributed by atoms with Gasteiger partial charge in [0.05, 0.1) is 25.3 Å². The summed E-state index contributed by atoms with van der Waals surface area (Å²) in [5.74, 6) is 0.692. The number of nitrogens with one attached hydrogen (secondary N) is 1. The summed E-state index contributed by atoms with van der Waals surface area (Å²) in [7, 11) is 1.72. The first-order chi connectivity index (χ1) is 9.61. The first-order valence-corrected chi connectivity index (χ1v) is 6.54. The smallest absolute Gasteiger partial charge is 0.407 e. The minimum Gasteiger partial charge on any atom is -0.491 e. The molecule has 0 radical (unpaired) electrons. The number of anilines is 1. The molecule has 1 aromatic carbocycles. The molecule has 0 spiro atoms. The number of carbonyl (C=O) groups is 2. The van der Waals surface area contributed by atoms with Crippen LogP contribution in [0.15, 0.2) is 18.2 Å². The van der Waals surface area contributed by atoms with Gasteiger partial charge in [-0.25, -0.2) is 4.79 Å². The molecule has 0 aromatic heterocycles. The van der Waals surface area contributed by atoms with Crippen LogP contribution in [0.3, 0.4) is 0 Å². The quantitative estimate of drug-likeness (QED) is 0.913. The van der Waals surface area contributed by atoms with Gasteiger partial charge in [0.25, 0.3) is 0 Å². The number of hydrogen-bond donors (Lipinski definition) is 1. The molecule has 1 N–H and O–H groups in total. The summed E-state index contributed by atoms with van der Waals surface area (Å²) in [6, 6.07) is 5.51. The van der Waals surface area contributed by atoms with Gasteiger partial charge in [0.2, 0.25) is 5.91 Å². The fourth-order valence-corrected chi connectivity index (χ4v) is 1.96. The van der Waals surface area contributed by atoms with E-state index in [9.17, 15) is 9.59 Å². The van der Waals surface area contributed by atoms with Crippen LogP contribution in [0.5, 0.6) is 5.75 Å². The van der Waals surface area contributed by atoms with Crippen LogP contribution in [-0.4, -0.2) is 32.3 Å². The van der Waals surface area contributed by atoms with Crippen LogP contribution < -0.4 is 15.0 Å². The summed E-state index contributed by atoms with van der Waals surface area (Å²) >= 11 is 0. The highest BCUT2D eigenvalue weighted by Crippen LogP contribution is 2.31. The molecule has 1 aliphatic rings. The van der Waals surface area contributed by atoms with E-state index >= 15 is 0 Å². The second-order valence-electron chi connectivity index (χ2n) is 4.43. The highest BCUT2D eigenvalue weighted by atomic mass is 16.5. The summed E-state index contributed by atoms with van der Waals surface area (Å²) < 4.78 is 10.3. The molecule has 2 rings (SSSR count). The van der Waals surface area contributed by atoms with Gasteiger partial charge in [-0.3, -0.25) is 4.79 Å². The molecule has 20 heavy (non-hydrogen) atoms. The van der Waals surface area contributed by atoms with Crippen molar-refractivity contribution in [3.8, 4) is 5.75 Å². The molecule has 1 aliphatic heterocycles. The molecule has 0 atom stereocenters. The molecule has 1 heterocycles. The average molecular weight is 278 g/mol. The molecule has 108 valence electrons. The predicted octanol–water partition coefficient (Wildman–Crippen LogP) is 1.68. The third-order valence-corrected chi connectivity index (χ3v) is 3.04. The zero-order chi connectivity index (χ0) is 14.5. The van der Waals surface area contributed by atoms with Gasteiger partial charge < -0.3 is 19.7 Å². The highest BCUT2D eigenvalue weighted by molar-refractivity contribution is 5.95. The van der Waals surface area contributed by atoms with Gasteiger partial charge in [-0.05, 0) is 24.6 Å². The SMILES string of the molecule is CCOC(=O)NCc1ccc2c(c1)N(C)C(=O)CCO2. The molecule has 6 heteroatoms. The molecule has 0 fully saturated rings. The third kappa shape index (κ3) is 3.20. The van der Waals surface area contributed by atoms with Crippen molar-refractivity contribution in [3.63, 3.8) is 0 Å². The van der Waals surface area contributed by atoms with Crippen LogP contribution in [-0.2, 0) is 16.1 Å². The lowest BCUT2D eigenvalue weighted by atomic mass is 10.1. The summed E-state index contributed by atoms with van der Waals surface area (Å²) in [5, 5.41) is 2.64. The van der Waals surface area contributed by atoms with Crippen molar-refractivity contribution in [2.45, 2.75) is 19.9 Å². The van der Waals surface area contributed by atoms with Crippen LogP contribution in [0.2, 0.25) is 0 Å². The van der Waals surface area contributed by atoms with E-state index in [1.165, 1.54) is 0 Å². The molecule has 2 amide bonds. The van der Waals surface area contributed by atoms with E-state index in [0.717, 1.165) is 11.3 Å². The van der Waals surface area contributed by atoms with Gasteiger partial charge in [-0.2, -0.15) is 0 Å². The minimum atomic E-state index is -0.455. The second-order valence-corrected chi connectivity index (χ2v) is 4.43. The van der Waals surface area contributed by atoms with E-state index < -0.39 is 6.09 Å². The van der Waals surface area contributed by atoms with Crippen molar-refractivity contribution in [2.24, 2.45) is 0 Å². The van der Waals surface area contributed by atoms with Crippen molar-refractivity contribution < 1.29 is 19.1 Å². The Kier molecular flexibility index (Phi) is 4.45. The number of nitrogens with zero attached hydrogens (tertiary/aromatic N) is 1. The number of amides is 2. The van der Waals surface area contributed by atoms with Gasteiger partial charge in [0, 0.05) is 13.6 Å². The van der Waals surface area contributed by atoms with E-state index in [1.54, 1.807) is 18.9 Å². The van der Waals surface area contributed by atoms with Gasteiger partial charge in [-0.1, -0.05) is 6.07 Å². The van der Waals surface area contributed by atoms with Gasteiger partial charge in [-0.15, -0.1) is 0 Å². The molecule has 0 saturated carbocycles. The van der Waals surface area contributed by atoms with Crippen molar-refractivity contribution in [3.05, 3.63) is 23.8 Å². The number of rotatable bonds is 3. The topological polar surface area (TPSA) is 67.9 Å². The van der Waals surface area contributed by atoms with Crippen LogP contribution in [0, 0.1) is 0 Å². The lowest BCUT2D eigenvalue weighted by Crippen LogP contribution is -2.26. The highest BCUT2D eigenvalue weighted by Gasteiger charge is 2.20. The van der Waals surface area contributed by atoms with Crippen LogP contribution in [0.1, 0.15) is 18.9 Å². The maximum Gasteiger partial charge on any atom is 0.407 e. The number of ether oxygens (including phenoxy) is 2. The monoisotopic (exact) mass is 278 g/mol. The summed E-state index contributed by atoms with van der Waals surface area (Å²) in [6.07, 6.45) is -0.0928. The van der Waals surface area contributed by atoms with Gasteiger partial charge in [0.1, 0.15) is 5.75 Å². The van der Waals surface area contributed by atoms with Crippen molar-refractivity contribution in [1.29, 1.82) is 0 Å². The molecule has 0 bridgehead atoms. The van der Waals surface area contributed by atoms with Crippen molar-refractivity contribution in [2.75, 3.05) is 25.2 Å². The van der Waals surface area contributed by atoms with E-state index in [2.05, 4.69) is 5.32 Å². The zero-order valence-electron chi connectivity index (χ0n) is 11.6. The Morgan fingerprint density at radius 3 is 3.05 bits per heavy atom. The first-order valence-electron chi connectivity index (χ1n) is 6.54. The number of carbonyl (C=O) groups excluding carboxylic acids is 2. The fraction of sp³-hybridized carbons (Fsp3) is 0.429. The predicted molar refractivity (Wildman–Crippen MR) is 73.8 cm³/mol. The fourth-order valence-electron chi connectivity index (χ4n) is 1.96.